The highest BCUT2D eigenvalue weighted by atomic mass is 79.9. The Morgan fingerprint density at radius 1 is 0.826 bits per heavy atom. The van der Waals surface area contributed by atoms with Gasteiger partial charge in [-0.15, -0.1) is 0 Å². The fourth-order valence-corrected chi connectivity index (χ4v) is 6.87. The molecule has 4 N–H and O–H groups in total. The van der Waals surface area contributed by atoms with Crippen molar-refractivity contribution in [1.29, 1.82) is 0 Å². The molecule has 0 amide bonds. The van der Waals surface area contributed by atoms with Crippen LogP contribution >= 0.6 is 31.9 Å². The number of halogens is 2. The number of nitrogens with two attached hydrogens (primary N) is 2. The predicted molar refractivity (Wildman–Crippen MR) is 108 cm³/mol. The van der Waals surface area contributed by atoms with Gasteiger partial charge in [-0.3, -0.25) is 0 Å². The van der Waals surface area contributed by atoms with E-state index in [4.69, 9.17) is 11.5 Å². The molecule has 2 aliphatic rings. The van der Waals surface area contributed by atoms with E-state index in [-0.39, 0.29) is 19.7 Å². The highest BCUT2D eigenvalue weighted by molar-refractivity contribution is 9.10. The van der Waals surface area contributed by atoms with Crippen LogP contribution in [0.25, 0.3) is 0 Å². The number of hydrogen-bond donors (Lipinski definition) is 2. The summed E-state index contributed by atoms with van der Waals surface area (Å²) in [4.78, 5) is 0. The van der Waals surface area contributed by atoms with Crippen LogP contribution in [0.4, 0.5) is 0 Å². The van der Waals surface area contributed by atoms with Crippen LogP contribution in [0.2, 0.25) is 0 Å². The maximum absolute atomic E-state index is 6.88. The van der Waals surface area contributed by atoms with E-state index < -0.39 is 0 Å². The van der Waals surface area contributed by atoms with Crippen LogP contribution in [0.5, 0.6) is 0 Å². The van der Waals surface area contributed by atoms with Gasteiger partial charge in [0, 0.05) is 0 Å². The van der Waals surface area contributed by atoms with Crippen LogP contribution in [0, 0.1) is 22.7 Å². The normalized spacial score (nSPS) is 51.7. The van der Waals surface area contributed by atoms with E-state index >= 15 is 0 Å². The van der Waals surface area contributed by atoms with E-state index in [1.54, 1.807) is 0 Å². The quantitative estimate of drug-likeness (QED) is 0.412. The van der Waals surface area contributed by atoms with Crippen molar-refractivity contribution in [3.05, 3.63) is 0 Å². The van der Waals surface area contributed by atoms with Crippen LogP contribution in [0.15, 0.2) is 0 Å². The molecule has 2 nitrogen and oxygen atoms in total. The Kier molecular flexibility index (Phi) is 6.05. The second-order valence-electron chi connectivity index (χ2n) is 8.78. The minimum atomic E-state index is -0.268. The zero-order valence-corrected chi connectivity index (χ0v) is 18.6. The molecule has 6 atom stereocenters. The molecule has 2 aliphatic carbocycles. The Morgan fingerprint density at radius 2 is 1.17 bits per heavy atom. The molecule has 0 saturated heterocycles. The van der Waals surface area contributed by atoms with E-state index in [0.717, 1.165) is 19.3 Å². The van der Waals surface area contributed by atoms with Crippen LogP contribution in [-0.2, 0) is 0 Å². The van der Waals surface area contributed by atoms with Crippen molar-refractivity contribution < 1.29 is 0 Å². The highest BCUT2D eigenvalue weighted by Crippen LogP contribution is 2.57. The molecule has 6 unspecified atom stereocenters. The molecule has 2 saturated carbocycles. The minimum absolute atomic E-state index is 0.183. The Hall–Kier alpha value is 0.880. The number of rotatable bonds is 4. The molecule has 0 aromatic carbocycles. The Morgan fingerprint density at radius 3 is 1.48 bits per heavy atom. The first-order chi connectivity index (χ1) is 10.5. The van der Waals surface area contributed by atoms with Crippen LogP contribution in [0.3, 0.4) is 0 Å². The monoisotopic (exact) mass is 450 g/mol. The van der Waals surface area contributed by atoms with Crippen molar-refractivity contribution in [2.75, 3.05) is 0 Å². The van der Waals surface area contributed by atoms with Gasteiger partial charge in [0.15, 0.2) is 0 Å². The molecular weight excluding hydrogens is 416 g/mol. The van der Waals surface area contributed by atoms with Gasteiger partial charge in [0.1, 0.15) is 0 Å². The molecule has 0 aromatic rings. The maximum Gasteiger partial charge on any atom is 0.0799 e. The van der Waals surface area contributed by atoms with Crippen molar-refractivity contribution in [2.24, 2.45) is 34.1 Å². The lowest BCUT2D eigenvalue weighted by atomic mass is 9.59. The van der Waals surface area contributed by atoms with E-state index in [1.807, 2.05) is 0 Å². The zero-order chi connectivity index (χ0) is 17.5. The van der Waals surface area contributed by atoms with Gasteiger partial charge in [-0.2, -0.15) is 0 Å². The SMILES string of the molecule is CCC1(C)CCCC(CC2CCCC(C)(CC)C2(N)Br)C1(N)Br. The topological polar surface area (TPSA) is 52.0 Å². The van der Waals surface area contributed by atoms with Crippen LogP contribution in [-0.4, -0.2) is 8.90 Å². The highest BCUT2D eigenvalue weighted by Gasteiger charge is 2.54. The van der Waals surface area contributed by atoms with E-state index in [0.29, 0.717) is 11.8 Å². The van der Waals surface area contributed by atoms with Crippen molar-refractivity contribution in [3.8, 4) is 0 Å². The molecule has 0 aliphatic heterocycles. The molecule has 23 heavy (non-hydrogen) atoms. The fourth-order valence-electron chi connectivity index (χ4n) is 5.08. The molecule has 4 heteroatoms. The lowest BCUT2D eigenvalue weighted by molar-refractivity contribution is 0.0391. The summed E-state index contributed by atoms with van der Waals surface area (Å²) in [6.45, 7) is 9.26. The maximum atomic E-state index is 6.88. The standard InChI is InChI=1S/C19H36Br2N2/c1-5-16(3)11-7-9-14(18(16,20)22)13-15-10-8-12-17(4,6-2)19(15,21)23/h14-15H,5-13,22-23H2,1-4H3. The molecule has 136 valence electrons. The van der Waals surface area contributed by atoms with Crippen molar-refractivity contribution in [1.82, 2.24) is 0 Å². The van der Waals surface area contributed by atoms with Gasteiger partial charge in [0.2, 0.25) is 0 Å². The van der Waals surface area contributed by atoms with Gasteiger partial charge in [-0.05, 0) is 67.6 Å². The van der Waals surface area contributed by atoms with Crippen molar-refractivity contribution in [3.63, 3.8) is 0 Å². The third-order valence-corrected chi connectivity index (χ3v) is 10.9. The van der Waals surface area contributed by atoms with Gasteiger partial charge in [0.25, 0.3) is 0 Å². The second kappa shape index (κ2) is 6.89. The van der Waals surface area contributed by atoms with Crippen molar-refractivity contribution in [2.45, 2.75) is 94.4 Å². The summed E-state index contributed by atoms with van der Waals surface area (Å²) < 4.78 is -0.535. The molecule has 2 rings (SSSR count). The molecule has 0 heterocycles. The summed E-state index contributed by atoms with van der Waals surface area (Å²) >= 11 is 7.95. The van der Waals surface area contributed by atoms with E-state index in [1.165, 1.54) is 38.5 Å². The molecular formula is C19H36Br2N2. The Balaban J connectivity index is 2.20. The first kappa shape index (κ1) is 20.2. The summed E-state index contributed by atoms with van der Waals surface area (Å²) in [5.74, 6) is 1.01. The van der Waals surface area contributed by atoms with Crippen molar-refractivity contribution >= 4 is 31.9 Å². The number of alkyl halides is 2. The van der Waals surface area contributed by atoms with E-state index in [2.05, 4.69) is 59.6 Å². The van der Waals surface area contributed by atoms with Gasteiger partial charge in [-0.25, -0.2) is 0 Å². The first-order valence-corrected chi connectivity index (χ1v) is 11.1. The summed E-state index contributed by atoms with van der Waals surface area (Å²) in [5.41, 5.74) is 14.1. The first-order valence-electron chi connectivity index (χ1n) is 9.49. The fraction of sp³-hybridized carbons (Fsp3) is 1.00. The van der Waals surface area contributed by atoms with Gasteiger partial charge < -0.3 is 11.5 Å². The molecule has 0 aromatic heterocycles. The third kappa shape index (κ3) is 3.31. The summed E-state index contributed by atoms with van der Waals surface area (Å²) in [7, 11) is 0. The lowest BCUT2D eigenvalue weighted by Crippen LogP contribution is -2.60. The summed E-state index contributed by atoms with van der Waals surface area (Å²) in [6, 6.07) is 0. The largest absolute Gasteiger partial charge is 0.316 e. The summed E-state index contributed by atoms with van der Waals surface area (Å²) in [5, 5.41) is 0. The van der Waals surface area contributed by atoms with Gasteiger partial charge in [0.05, 0.1) is 8.90 Å². The Bertz CT molecular complexity index is 386. The smallest absolute Gasteiger partial charge is 0.0799 e. The molecule has 0 spiro atoms. The van der Waals surface area contributed by atoms with Crippen LogP contribution in [0.1, 0.15) is 85.5 Å². The van der Waals surface area contributed by atoms with E-state index in [9.17, 15) is 0 Å². The molecule has 2 fully saturated rings. The second-order valence-corrected chi connectivity index (χ2v) is 11.4. The van der Waals surface area contributed by atoms with Crippen LogP contribution < -0.4 is 11.5 Å². The molecule has 0 radical (unpaired) electrons. The number of hydrogen-bond acceptors (Lipinski definition) is 2. The lowest BCUT2D eigenvalue weighted by Gasteiger charge is -2.55. The predicted octanol–water partition coefficient (Wildman–Crippen LogP) is 5.91. The summed E-state index contributed by atoms with van der Waals surface area (Å²) in [6.07, 6.45) is 10.9. The van der Waals surface area contributed by atoms with Gasteiger partial charge in [-0.1, -0.05) is 72.4 Å². The zero-order valence-electron chi connectivity index (χ0n) is 15.4. The average molecular weight is 452 g/mol. The van der Waals surface area contributed by atoms with Gasteiger partial charge >= 0.3 is 0 Å². The Labute approximate surface area is 160 Å². The third-order valence-electron chi connectivity index (χ3n) is 7.73. The minimum Gasteiger partial charge on any atom is -0.316 e. The average Bonchev–Trinajstić information content (AvgIpc) is 2.49. The molecule has 0 bridgehead atoms.